The predicted molar refractivity (Wildman–Crippen MR) is 69.3 cm³/mol. The first-order chi connectivity index (χ1) is 7.56. The smallest absolute Gasteiger partial charge is 0.220 e. The highest BCUT2D eigenvalue weighted by molar-refractivity contribution is 9.10. The van der Waals surface area contributed by atoms with Crippen molar-refractivity contribution >= 4 is 33.5 Å². The molecule has 2 rings (SSSR count). The number of rotatable bonds is 1. The summed E-state index contributed by atoms with van der Waals surface area (Å²) in [7, 11) is 0. The quantitative estimate of drug-likeness (QED) is 0.877. The predicted octanol–water partition coefficient (Wildman–Crippen LogP) is 3.45. The summed E-state index contributed by atoms with van der Waals surface area (Å²) in [6.45, 7) is 1.87. The summed E-state index contributed by atoms with van der Waals surface area (Å²) >= 11 is 9.49. The zero-order valence-corrected chi connectivity index (χ0v) is 10.9. The molecule has 0 spiro atoms. The highest BCUT2D eigenvalue weighted by Crippen LogP contribution is 2.29. The molecule has 1 aromatic carbocycles. The Labute approximate surface area is 107 Å². The molecular formula is C11H9BrClN3. The Morgan fingerprint density at radius 3 is 2.62 bits per heavy atom. The number of aromatic nitrogens is 2. The van der Waals surface area contributed by atoms with E-state index < -0.39 is 0 Å². The molecule has 1 aromatic heterocycles. The third-order valence-corrected chi connectivity index (χ3v) is 2.88. The minimum atomic E-state index is 0.258. The number of benzene rings is 1. The molecule has 3 nitrogen and oxygen atoms in total. The third kappa shape index (κ3) is 2.33. The van der Waals surface area contributed by atoms with Crippen LogP contribution in [0.15, 0.2) is 28.7 Å². The van der Waals surface area contributed by atoms with Crippen LogP contribution in [-0.2, 0) is 0 Å². The van der Waals surface area contributed by atoms with Crippen LogP contribution in [0.3, 0.4) is 0 Å². The summed E-state index contributed by atoms with van der Waals surface area (Å²) < 4.78 is 0.931. The molecule has 0 fully saturated rings. The second-order valence-electron chi connectivity index (χ2n) is 3.38. The van der Waals surface area contributed by atoms with E-state index in [2.05, 4.69) is 25.9 Å². The van der Waals surface area contributed by atoms with Crippen LogP contribution < -0.4 is 5.73 Å². The standard InChI is InChI=1S/C11H9BrClN3/c1-6-4-10(16-11(14)15-6)8-3-2-7(12)5-9(8)13/h2-5H,1H3,(H2,14,15,16). The second-order valence-corrected chi connectivity index (χ2v) is 4.70. The van der Waals surface area contributed by atoms with E-state index in [-0.39, 0.29) is 5.95 Å². The average molecular weight is 299 g/mol. The van der Waals surface area contributed by atoms with Crippen molar-refractivity contribution in [3.63, 3.8) is 0 Å². The van der Waals surface area contributed by atoms with Crippen LogP contribution in [0.5, 0.6) is 0 Å². The zero-order chi connectivity index (χ0) is 11.7. The minimum absolute atomic E-state index is 0.258. The molecule has 0 aliphatic heterocycles. The average Bonchev–Trinajstić information content (AvgIpc) is 2.15. The normalized spacial score (nSPS) is 10.4. The van der Waals surface area contributed by atoms with E-state index in [9.17, 15) is 0 Å². The number of nitrogen functional groups attached to an aromatic ring is 1. The number of anilines is 1. The maximum Gasteiger partial charge on any atom is 0.220 e. The van der Waals surface area contributed by atoms with E-state index in [1.165, 1.54) is 0 Å². The molecule has 0 unspecified atom stereocenters. The van der Waals surface area contributed by atoms with Crippen molar-refractivity contribution in [3.8, 4) is 11.3 Å². The Morgan fingerprint density at radius 1 is 1.25 bits per heavy atom. The first kappa shape index (κ1) is 11.4. The molecule has 16 heavy (non-hydrogen) atoms. The summed E-state index contributed by atoms with van der Waals surface area (Å²) in [5.74, 6) is 0.258. The summed E-state index contributed by atoms with van der Waals surface area (Å²) in [6.07, 6.45) is 0. The first-order valence-corrected chi connectivity index (χ1v) is 5.80. The Hall–Kier alpha value is -1.13. The van der Waals surface area contributed by atoms with E-state index in [4.69, 9.17) is 17.3 Å². The largest absolute Gasteiger partial charge is 0.368 e. The molecule has 1 heterocycles. The fraction of sp³-hybridized carbons (Fsp3) is 0.0909. The Kier molecular flexibility index (Phi) is 3.12. The van der Waals surface area contributed by atoms with Crippen molar-refractivity contribution in [3.05, 3.63) is 39.5 Å². The maximum atomic E-state index is 6.14. The molecule has 0 aliphatic carbocycles. The highest BCUT2D eigenvalue weighted by atomic mass is 79.9. The molecule has 2 aromatic rings. The summed E-state index contributed by atoms with van der Waals surface area (Å²) in [5.41, 5.74) is 8.01. The lowest BCUT2D eigenvalue weighted by molar-refractivity contribution is 1.12. The Bertz CT molecular complexity index is 522. The van der Waals surface area contributed by atoms with E-state index in [1.807, 2.05) is 31.2 Å². The molecule has 0 saturated heterocycles. The topological polar surface area (TPSA) is 51.8 Å². The number of nitrogens with two attached hydrogens (primary N) is 1. The fourth-order valence-corrected chi connectivity index (χ4v) is 2.20. The van der Waals surface area contributed by atoms with Gasteiger partial charge in [-0.2, -0.15) is 0 Å². The number of aryl methyl sites for hydroxylation is 1. The molecule has 0 saturated carbocycles. The van der Waals surface area contributed by atoms with Crippen molar-refractivity contribution in [2.75, 3.05) is 5.73 Å². The van der Waals surface area contributed by atoms with Crippen molar-refractivity contribution in [2.24, 2.45) is 0 Å². The molecular weight excluding hydrogens is 289 g/mol. The number of hydrogen-bond donors (Lipinski definition) is 1. The van der Waals surface area contributed by atoms with Crippen LogP contribution in [0.25, 0.3) is 11.3 Å². The zero-order valence-electron chi connectivity index (χ0n) is 8.54. The van der Waals surface area contributed by atoms with Crippen LogP contribution in [0.4, 0.5) is 5.95 Å². The Balaban J connectivity index is 2.58. The van der Waals surface area contributed by atoms with Crippen LogP contribution >= 0.6 is 27.5 Å². The summed E-state index contributed by atoms with van der Waals surface area (Å²) in [5, 5.41) is 0.631. The van der Waals surface area contributed by atoms with Gasteiger partial charge >= 0.3 is 0 Å². The van der Waals surface area contributed by atoms with E-state index >= 15 is 0 Å². The van der Waals surface area contributed by atoms with Gasteiger partial charge in [-0.25, -0.2) is 9.97 Å². The molecule has 0 atom stereocenters. The third-order valence-electron chi connectivity index (χ3n) is 2.08. The lowest BCUT2D eigenvalue weighted by Gasteiger charge is -2.05. The van der Waals surface area contributed by atoms with Gasteiger partial charge in [-0.05, 0) is 25.1 Å². The van der Waals surface area contributed by atoms with Crippen LogP contribution in [0.1, 0.15) is 5.69 Å². The van der Waals surface area contributed by atoms with Crippen LogP contribution in [0, 0.1) is 6.92 Å². The lowest BCUT2D eigenvalue weighted by atomic mass is 10.1. The molecule has 5 heteroatoms. The molecule has 82 valence electrons. The van der Waals surface area contributed by atoms with Gasteiger partial charge in [0.05, 0.1) is 10.7 Å². The van der Waals surface area contributed by atoms with Gasteiger partial charge in [0.1, 0.15) is 0 Å². The van der Waals surface area contributed by atoms with Crippen LogP contribution in [-0.4, -0.2) is 9.97 Å². The lowest BCUT2D eigenvalue weighted by Crippen LogP contribution is -1.98. The molecule has 2 N–H and O–H groups in total. The number of hydrogen-bond acceptors (Lipinski definition) is 3. The van der Waals surface area contributed by atoms with Gasteiger partial charge in [-0.15, -0.1) is 0 Å². The number of nitrogens with zero attached hydrogens (tertiary/aromatic N) is 2. The van der Waals surface area contributed by atoms with Gasteiger partial charge in [0.15, 0.2) is 0 Å². The fourth-order valence-electron chi connectivity index (χ4n) is 1.43. The monoisotopic (exact) mass is 297 g/mol. The van der Waals surface area contributed by atoms with Crippen molar-refractivity contribution in [1.29, 1.82) is 0 Å². The van der Waals surface area contributed by atoms with Gasteiger partial charge in [0, 0.05) is 15.7 Å². The van der Waals surface area contributed by atoms with Crippen molar-refractivity contribution in [1.82, 2.24) is 9.97 Å². The van der Waals surface area contributed by atoms with Gasteiger partial charge in [-0.3, -0.25) is 0 Å². The van der Waals surface area contributed by atoms with E-state index in [0.717, 1.165) is 21.4 Å². The minimum Gasteiger partial charge on any atom is -0.368 e. The molecule has 0 radical (unpaired) electrons. The van der Waals surface area contributed by atoms with E-state index in [1.54, 1.807) is 0 Å². The Morgan fingerprint density at radius 2 is 2.00 bits per heavy atom. The number of halogens is 2. The first-order valence-electron chi connectivity index (χ1n) is 4.63. The summed E-state index contributed by atoms with van der Waals surface area (Å²) in [6, 6.07) is 7.48. The second kappa shape index (κ2) is 4.39. The van der Waals surface area contributed by atoms with Gasteiger partial charge in [-0.1, -0.05) is 33.6 Å². The van der Waals surface area contributed by atoms with Gasteiger partial charge in [0.2, 0.25) is 5.95 Å². The molecule has 0 amide bonds. The van der Waals surface area contributed by atoms with Crippen molar-refractivity contribution < 1.29 is 0 Å². The van der Waals surface area contributed by atoms with Gasteiger partial charge in [0.25, 0.3) is 0 Å². The highest BCUT2D eigenvalue weighted by Gasteiger charge is 2.07. The van der Waals surface area contributed by atoms with Crippen molar-refractivity contribution in [2.45, 2.75) is 6.92 Å². The SMILES string of the molecule is Cc1cc(-c2ccc(Br)cc2Cl)nc(N)n1. The summed E-state index contributed by atoms with van der Waals surface area (Å²) in [4.78, 5) is 8.18. The maximum absolute atomic E-state index is 6.14. The van der Waals surface area contributed by atoms with Gasteiger partial charge < -0.3 is 5.73 Å². The molecule has 0 aliphatic rings. The van der Waals surface area contributed by atoms with E-state index in [0.29, 0.717) is 5.02 Å². The van der Waals surface area contributed by atoms with Crippen LogP contribution in [0.2, 0.25) is 5.02 Å². The molecule has 0 bridgehead atoms.